The number of hydrogen-bond donors (Lipinski definition) is 1. The van der Waals surface area contributed by atoms with E-state index in [0.717, 1.165) is 18.4 Å². The average molecular weight is 306 g/mol. The number of ether oxygens (including phenoxy) is 1. The fraction of sp³-hybridized carbons (Fsp3) is 0.500. The van der Waals surface area contributed by atoms with Crippen molar-refractivity contribution < 1.29 is 9.53 Å². The van der Waals surface area contributed by atoms with Gasteiger partial charge in [0.05, 0.1) is 0 Å². The molecule has 0 radical (unpaired) electrons. The predicted molar refractivity (Wildman–Crippen MR) is 87.4 cm³/mol. The van der Waals surface area contributed by atoms with Crippen molar-refractivity contribution in [1.82, 2.24) is 4.90 Å². The van der Waals surface area contributed by atoms with Crippen LogP contribution in [0.15, 0.2) is 24.3 Å². The van der Waals surface area contributed by atoms with Gasteiger partial charge in [-0.05, 0) is 57.4 Å². The van der Waals surface area contributed by atoms with Crippen molar-refractivity contribution in [2.75, 3.05) is 6.61 Å². The zero-order valence-electron chi connectivity index (χ0n) is 12.5. The molecule has 2 rings (SSSR count). The lowest BCUT2D eigenvalue weighted by Crippen LogP contribution is -2.49. The molecule has 5 heteroatoms. The van der Waals surface area contributed by atoms with Crippen LogP contribution in [0.3, 0.4) is 0 Å². The number of hydrogen-bond acceptors (Lipinski definition) is 3. The van der Waals surface area contributed by atoms with Gasteiger partial charge in [-0.2, -0.15) is 0 Å². The highest BCUT2D eigenvalue weighted by Gasteiger charge is 2.28. The Morgan fingerprint density at radius 2 is 1.86 bits per heavy atom. The molecule has 114 valence electrons. The Labute approximate surface area is 131 Å². The summed E-state index contributed by atoms with van der Waals surface area (Å²) in [6, 6.07) is 7.75. The molecule has 1 aromatic rings. The van der Waals surface area contributed by atoms with E-state index in [9.17, 15) is 4.79 Å². The number of piperidine rings is 1. The first-order chi connectivity index (χ1) is 9.99. The van der Waals surface area contributed by atoms with E-state index in [2.05, 4.69) is 13.8 Å². The molecule has 2 N–H and O–H groups in total. The van der Waals surface area contributed by atoms with E-state index < -0.39 is 0 Å². The van der Waals surface area contributed by atoms with Crippen LogP contribution in [0.1, 0.15) is 38.7 Å². The Morgan fingerprint density at radius 1 is 1.29 bits per heavy atom. The summed E-state index contributed by atoms with van der Waals surface area (Å²) in [6.07, 6.45) is 3.32. The first-order valence-electron chi connectivity index (χ1n) is 7.33. The number of carbonyl (C=O) groups excluding carboxylic acids is 1. The lowest BCUT2D eigenvalue weighted by molar-refractivity contribution is -0.139. The van der Waals surface area contributed by atoms with Crippen LogP contribution in [-0.2, 0) is 4.79 Å². The smallest absolute Gasteiger partial charge is 0.260 e. The van der Waals surface area contributed by atoms with Crippen LogP contribution in [-0.4, -0.2) is 34.5 Å². The van der Waals surface area contributed by atoms with Crippen molar-refractivity contribution in [3.8, 4) is 5.75 Å². The van der Waals surface area contributed by atoms with Crippen molar-refractivity contribution in [1.29, 1.82) is 0 Å². The highest BCUT2D eigenvalue weighted by Crippen LogP contribution is 2.22. The molecule has 1 aliphatic rings. The quantitative estimate of drug-likeness (QED) is 0.868. The maximum absolute atomic E-state index is 12.3. The van der Waals surface area contributed by atoms with Crippen LogP contribution >= 0.6 is 12.2 Å². The third-order valence-electron chi connectivity index (χ3n) is 3.98. The lowest BCUT2D eigenvalue weighted by atomic mass is 9.97. The van der Waals surface area contributed by atoms with Gasteiger partial charge in [-0.25, -0.2) is 0 Å². The molecule has 21 heavy (non-hydrogen) atoms. The van der Waals surface area contributed by atoms with Crippen molar-refractivity contribution in [2.45, 2.75) is 45.2 Å². The molecule has 1 fully saturated rings. The molecule has 0 spiro atoms. The summed E-state index contributed by atoms with van der Waals surface area (Å²) in [5.74, 6) is 0.703. The van der Waals surface area contributed by atoms with E-state index in [4.69, 9.17) is 22.7 Å². The topological polar surface area (TPSA) is 55.6 Å². The number of benzene rings is 1. The summed E-state index contributed by atoms with van der Waals surface area (Å²) < 4.78 is 5.58. The first-order valence-corrected chi connectivity index (χ1v) is 7.73. The molecule has 0 aromatic heterocycles. The van der Waals surface area contributed by atoms with Crippen LogP contribution < -0.4 is 10.5 Å². The summed E-state index contributed by atoms with van der Waals surface area (Å²) in [5, 5.41) is 0. The van der Waals surface area contributed by atoms with Crippen LogP contribution in [0.5, 0.6) is 5.75 Å². The highest BCUT2D eigenvalue weighted by atomic mass is 32.1. The number of nitrogens with two attached hydrogens (primary N) is 1. The fourth-order valence-corrected chi connectivity index (χ4v) is 2.98. The van der Waals surface area contributed by atoms with E-state index in [1.165, 1.54) is 6.42 Å². The van der Waals surface area contributed by atoms with Gasteiger partial charge in [0.15, 0.2) is 6.61 Å². The minimum Gasteiger partial charge on any atom is -0.484 e. The van der Waals surface area contributed by atoms with Gasteiger partial charge in [0, 0.05) is 17.6 Å². The summed E-state index contributed by atoms with van der Waals surface area (Å²) in [5.41, 5.74) is 6.34. The highest BCUT2D eigenvalue weighted by molar-refractivity contribution is 7.80. The normalized spacial score (nSPS) is 21.9. The third kappa shape index (κ3) is 3.94. The van der Waals surface area contributed by atoms with Gasteiger partial charge < -0.3 is 15.4 Å². The molecule has 4 nitrogen and oxygen atoms in total. The number of likely N-dealkylation sites (tertiary alicyclic amines) is 1. The maximum Gasteiger partial charge on any atom is 0.260 e. The zero-order valence-corrected chi connectivity index (χ0v) is 13.4. The second-order valence-electron chi connectivity index (χ2n) is 5.61. The Hall–Kier alpha value is -1.62. The molecule has 0 saturated carbocycles. The minimum absolute atomic E-state index is 0.0492. The van der Waals surface area contributed by atoms with E-state index in [1.807, 2.05) is 4.90 Å². The van der Waals surface area contributed by atoms with Crippen LogP contribution in [0.25, 0.3) is 0 Å². The van der Waals surface area contributed by atoms with Gasteiger partial charge in [0.2, 0.25) is 0 Å². The van der Waals surface area contributed by atoms with Gasteiger partial charge in [-0.3, -0.25) is 4.79 Å². The Morgan fingerprint density at radius 3 is 2.38 bits per heavy atom. The monoisotopic (exact) mass is 306 g/mol. The zero-order chi connectivity index (χ0) is 15.4. The van der Waals surface area contributed by atoms with Crippen LogP contribution in [0, 0.1) is 0 Å². The summed E-state index contributed by atoms with van der Waals surface area (Å²) in [6.45, 7) is 4.27. The molecule has 1 saturated heterocycles. The summed E-state index contributed by atoms with van der Waals surface area (Å²) in [7, 11) is 0. The Bertz CT molecular complexity index is 506. The molecule has 2 atom stereocenters. The Kier molecular flexibility index (Phi) is 5.17. The SMILES string of the molecule is CC1CCCC(C)N1C(=O)COc1ccc(C(N)=S)cc1. The van der Waals surface area contributed by atoms with E-state index in [1.54, 1.807) is 24.3 Å². The third-order valence-corrected chi connectivity index (χ3v) is 4.22. The Balaban J connectivity index is 1.92. The number of rotatable bonds is 4. The summed E-state index contributed by atoms with van der Waals surface area (Å²) in [4.78, 5) is 14.6. The van der Waals surface area contributed by atoms with Gasteiger partial charge >= 0.3 is 0 Å². The van der Waals surface area contributed by atoms with Gasteiger partial charge in [0.1, 0.15) is 10.7 Å². The fourth-order valence-electron chi connectivity index (χ4n) is 2.85. The largest absolute Gasteiger partial charge is 0.484 e. The number of amides is 1. The van der Waals surface area contributed by atoms with Gasteiger partial charge in [0.25, 0.3) is 5.91 Å². The van der Waals surface area contributed by atoms with E-state index in [-0.39, 0.29) is 12.5 Å². The van der Waals surface area contributed by atoms with Crippen molar-refractivity contribution in [3.63, 3.8) is 0 Å². The predicted octanol–water partition coefficient (Wildman–Crippen LogP) is 2.49. The molecule has 1 amide bonds. The van der Waals surface area contributed by atoms with Crippen molar-refractivity contribution in [2.24, 2.45) is 5.73 Å². The number of carbonyl (C=O) groups is 1. The average Bonchev–Trinajstić information content (AvgIpc) is 2.45. The lowest BCUT2D eigenvalue weighted by Gasteiger charge is -2.38. The molecular weight excluding hydrogens is 284 g/mol. The second-order valence-corrected chi connectivity index (χ2v) is 6.05. The van der Waals surface area contributed by atoms with Crippen molar-refractivity contribution in [3.05, 3.63) is 29.8 Å². The molecule has 1 aromatic carbocycles. The molecular formula is C16H22N2O2S. The van der Waals surface area contributed by atoms with Crippen LogP contribution in [0.4, 0.5) is 0 Å². The molecule has 1 heterocycles. The second kappa shape index (κ2) is 6.89. The van der Waals surface area contributed by atoms with E-state index >= 15 is 0 Å². The first kappa shape index (κ1) is 15.8. The standard InChI is InChI=1S/C16H22N2O2S/c1-11-4-3-5-12(2)18(11)15(19)10-20-14-8-6-13(7-9-14)16(17)21/h6-9,11-12H,3-5,10H2,1-2H3,(H2,17,21). The van der Waals surface area contributed by atoms with Gasteiger partial charge in [-0.1, -0.05) is 12.2 Å². The molecule has 0 bridgehead atoms. The summed E-state index contributed by atoms with van der Waals surface area (Å²) >= 11 is 4.90. The van der Waals surface area contributed by atoms with E-state index in [0.29, 0.717) is 22.8 Å². The molecule has 0 aliphatic carbocycles. The number of thiocarbonyl (C=S) groups is 1. The molecule has 1 aliphatic heterocycles. The number of nitrogens with zero attached hydrogens (tertiary/aromatic N) is 1. The van der Waals surface area contributed by atoms with Crippen molar-refractivity contribution >= 4 is 23.1 Å². The van der Waals surface area contributed by atoms with Gasteiger partial charge in [-0.15, -0.1) is 0 Å². The maximum atomic E-state index is 12.3. The minimum atomic E-state index is 0.0492. The van der Waals surface area contributed by atoms with Crippen LogP contribution in [0.2, 0.25) is 0 Å². The molecule has 2 unspecified atom stereocenters.